The molecule has 0 amide bonds. The highest BCUT2D eigenvalue weighted by Crippen LogP contribution is 2.25. The average molecular weight is 441 g/mol. The number of hydrogen-bond donors (Lipinski definition) is 0. The average Bonchev–Trinajstić information content (AvgIpc) is 3.17. The molecule has 1 aliphatic rings. The fourth-order valence-corrected chi connectivity index (χ4v) is 4.28. The summed E-state index contributed by atoms with van der Waals surface area (Å²) in [6.07, 6.45) is 5.73. The van der Waals surface area contributed by atoms with E-state index in [0.29, 0.717) is 5.56 Å². The molecule has 0 radical (unpaired) electrons. The van der Waals surface area contributed by atoms with E-state index in [2.05, 4.69) is 54.6 Å². The Bertz CT molecular complexity index is 1320. The van der Waals surface area contributed by atoms with E-state index >= 15 is 0 Å². The second-order valence-electron chi connectivity index (χ2n) is 8.78. The molecule has 0 unspecified atom stereocenters. The molecular weight excluding hydrogens is 412 g/mol. The second kappa shape index (κ2) is 8.75. The van der Waals surface area contributed by atoms with Crippen LogP contribution in [0, 0.1) is 6.92 Å². The zero-order valence-corrected chi connectivity index (χ0v) is 19.3. The minimum atomic E-state index is 0.0537. The molecule has 1 aromatic carbocycles. The molecule has 3 aromatic heterocycles. The molecule has 7 nitrogen and oxygen atoms in total. The number of imidazole rings is 1. The fourth-order valence-electron chi connectivity index (χ4n) is 4.28. The Kier molecular flexibility index (Phi) is 5.64. The number of pyridine rings is 2. The summed E-state index contributed by atoms with van der Waals surface area (Å²) in [7, 11) is 4.14. The Morgan fingerprint density at radius 3 is 2.48 bits per heavy atom. The van der Waals surface area contributed by atoms with Crippen LogP contribution in [0.2, 0.25) is 0 Å². The summed E-state index contributed by atoms with van der Waals surface area (Å²) in [6, 6.07) is 12.0. The number of carbonyl (C=O) groups excluding carboxylic acids is 1. The van der Waals surface area contributed by atoms with Crippen molar-refractivity contribution in [2.45, 2.75) is 13.3 Å². The van der Waals surface area contributed by atoms with E-state index in [1.165, 1.54) is 0 Å². The maximum atomic E-state index is 13.1. The van der Waals surface area contributed by atoms with Crippen LogP contribution in [0.5, 0.6) is 0 Å². The number of likely N-dealkylation sites (N-methyl/N-ethyl adjacent to an activating group) is 1. The minimum absolute atomic E-state index is 0.0537. The lowest BCUT2D eigenvalue weighted by Crippen LogP contribution is -2.44. The van der Waals surface area contributed by atoms with Crippen molar-refractivity contribution >= 4 is 22.4 Å². The third-order valence-electron chi connectivity index (χ3n) is 6.53. The first-order valence-corrected chi connectivity index (χ1v) is 11.3. The number of nitrogens with zero attached hydrogens (tertiary/aromatic N) is 6. The van der Waals surface area contributed by atoms with Crippen molar-refractivity contribution in [2.75, 3.05) is 38.1 Å². The summed E-state index contributed by atoms with van der Waals surface area (Å²) in [4.78, 5) is 31.1. The summed E-state index contributed by atoms with van der Waals surface area (Å²) in [5.41, 5.74) is 3.61. The SMILES string of the molecule is Cc1ncc(-c2ccc3cnc(CC(=O)c4ccnc(N5CCN(C)CC5)c4)cc3c2)n1C. The van der Waals surface area contributed by atoms with Crippen LogP contribution < -0.4 is 4.90 Å². The summed E-state index contributed by atoms with van der Waals surface area (Å²) >= 11 is 0. The van der Waals surface area contributed by atoms with Gasteiger partial charge in [-0.3, -0.25) is 9.78 Å². The van der Waals surface area contributed by atoms with Crippen molar-refractivity contribution in [3.63, 3.8) is 0 Å². The van der Waals surface area contributed by atoms with Gasteiger partial charge in [0.1, 0.15) is 11.6 Å². The van der Waals surface area contributed by atoms with Crippen molar-refractivity contribution in [2.24, 2.45) is 7.05 Å². The van der Waals surface area contributed by atoms with Gasteiger partial charge in [-0.25, -0.2) is 9.97 Å². The van der Waals surface area contributed by atoms with Crippen LogP contribution in [0.15, 0.2) is 55.0 Å². The molecule has 0 aliphatic carbocycles. The molecule has 1 aliphatic heterocycles. The number of aryl methyl sites for hydroxylation is 1. The quantitative estimate of drug-likeness (QED) is 0.443. The number of aromatic nitrogens is 4. The lowest BCUT2D eigenvalue weighted by Gasteiger charge is -2.33. The van der Waals surface area contributed by atoms with Gasteiger partial charge in [-0.05, 0) is 43.6 Å². The molecule has 4 aromatic rings. The lowest BCUT2D eigenvalue weighted by atomic mass is 10.0. The maximum absolute atomic E-state index is 13.1. The van der Waals surface area contributed by atoms with E-state index in [9.17, 15) is 4.79 Å². The van der Waals surface area contributed by atoms with Crippen LogP contribution in [-0.4, -0.2) is 63.4 Å². The molecule has 0 saturated carbocycles. The monoisotopic (exact) mass is 440 g/mol. The number of anilines is 1. The second-order valence-corrected chi connectivity index (χ2v) is 8.78. The standard InChI is InChI=1S/C26H28N6O/c1-18-28-17-24(31(18)3)19-4-5-21-16-29-23(13-22(21)12-19)15-25(33)20-6-7-27-26(14-20)32-10-8-30(2)9-11-32/h4-7,12-14,16-17H,8-11,15H2,1-3H3. The Balaban J connectivity index is 1.37. The van der Waals surface area contributed by atoms with Gasteiger partial charge < -0.3 is 14.4 Å². The van der Waals surface area contributed by atoms with Crippen LogP contribution in [0.25, 0.3) is 22.0 Å². The highest BCUT2D eigenvalue weighted by atomic mass is 16.1. The van der Waals surface area contributed by atoms with E-state index < -0.39 is 0 Å². The third-order valence-corrected chi connectivity index (χ3v) is 6.53. The zero-order valence-electron chi connectivity index (χ0n) is 19.3. The number of piperazine rings is 1. The molecule has 0 bridgehead atoms. The smallest absolute Gasteiger partial charge is 0.169 e. The molecule has 0 spiro atoms. The largest absolute Gasteiger partial charge is 0.354 e. The number of carbonyl (C=O) groups is 1. The van der Waals surface area contributed by atoms with Crippen LogP contribution in [0.1, 0.15) is 21.9 Å². The predicted octanol–water partition coefficient (Wildman–Crippen LogP) is 3.52. The van der Waals surface area contributed by atoms with Crippen molar-refractivity contribution < 1.29 is 4.79 Å². The molecule has 4 heterocycles. The molecule has 7 heteroatoms. The molecule has 0 atom stereocenters. The first-order chi connectivity index (χ1) is 16.0. The van der Waals surface area contributed by atoms with Crippen LogP contribution in [0.4, 0.5) is 5.82 Å². The van der Waals surface area contributed by atoms with Gasteiger partial charge in [0.2, 0.25) is 0 Å². The number of benzene rings is 1. The molecular formula is C26H28N6O. The summed E-state index contributed by atoms with van der Waals surface area (Å²) in [6.45, 7) is 5.84. The van der Waals surface area contributed by atoms with Crippen molar-refractivity contribution in [1.82, 2.24) is 24.4 Å². The van der Waals surface area contributed by atoms with Gasteiger partial charge in [-0.1, -0.05) is 12.1 Å². The van der Waals surface area contributed by atoms with Gasteiger partial charge >= 0.3 is 0 Å². The molecule has 1 fully saturated rings. The first kappa shape index (κ1) is 21.3. The van der Waals surface area contributed by atoms with E-state index in [0.717, 1.165) is 65.5 Å². The Morgan fingerprint density at radius 2 is 1.73 bits per heavy atom. The van der Waals surface area contributed by atoms with E-state index in [1.807, 2.05) is 38.5 Å². The lowest BCUT2D eigenvalue weighted by molar-refractivity contribution is 0.0992. The Hall–Kier alpha value is -3.58. The van der Waals surface area contributed by atoms with Crippen LogP contribution in [-0.2, 0) is 13.5 Å². The van der Waals surface area contributed by atoms with Crippen LogP contribution in [0.3, 0.4) is 0 Å². The molecule has 33 heavy (non-hydrogen) atoms. The van der Waals surface area contributed by atoms with E-state index in [4.69, 9.17) is 0 Å². The number of fused-ring (bicyclic) bond motifs is 1. The van der Waals surface area contributed by atoms with Crippen LogP contribution >= 0.6 is 0 Å². The molecule has 0 N–H and O–H groups in total. The molecule has 5 rings (SSSR count). The van der Waals surface area contributed by atoms with Crippen molar-refractivity contribution in [1.29, 1.82) is 0 Å². The Labute approximate surface area is 193 Å². The third kappa shape index (κ3) is 4.36. The van der Waals surface area contributed by atoms with Gasteiger partial charge in [0.25, 0.3) is 0 Å². The highest BCUT2D eigenvalue weighted by Gasteiger charge is 2.17. The normalized spacial score (nSPS) is 14.7. The van der Waals surface area contributed by atoms with E-state index in [-0.39, 0.29) is 12.2 Å². The number of ketones is 1. The molecule has 168 valence electrons. The topological polar surface area (TPSA) is 67.2 Å². The van der Waals surface area contributed by atoms with Gasteiger partial charge in [-0.2, -0.15) is 0 Å². The number of Topliss-reactive ketones (excluding diaryl/α,β-unsaturated/α-hetero) is 1. The molecule has 1 saturated heterocycles. The maximum Gasteiger partial charge on any atom is 0.169 e. The Morgan fingerprint density at radius 1 is 0.909 bits per heavy atom. The van der Waals surface area contributed by atoms with Gasteiger partial charge in [-0.15, -0.1) is 0 Å². The first-order valence-electron chi connectivity index (χ1n) is 11.3. The zero-order chi connectivity index (χ0) is 22.9. The van der Waals surface area contributed by atoms with Gasteiger partial charge in [0, 0.05) is 67.8 Å². The van der Waals surface area contributed by atoms with Crippen molar-refractivity contribution in [3.05, 3.63) is 72.1 Å². The summed E-state index contributed by atoms with van der Waals surface area (Å²) < 4.78 is 2.08. The van der Waals surface area contributed by atoms with E-state index in [1.54, 1.807) is 12.3 Å². The highest BCUT2D eigenvalue weighted by molar-refractivity contribution is 5.98. The van der Waals surface area contributed by atoms with Gasteiger partial charge in [0.15, 0.2) is 5.78 Å². The predicted molar refractivity (Wildman–Crippen MR) is 131 cm³/mol. The summed E-state index contributed by atoms with van der Waals surface area (Å²) in [5.74, 6) is 1.90. The van der Waals surface area contributed by atoms with Gasteiger partial charge in [0.05, 0.1) is 18.3 Å². The summed E-state index contributed by atoms with van der Waals surface area (Å²) in [5, 5.41) is 2.12. The minimum Gasteiger partial charge on any atom is -0.354 e. The number of hydrogen-bond acceptors (Lipinski definition) is 6. The van der Waals surface area contributed by atoms with Crippen molar-refractivity contribution in [3.8, 4) is 11.3 Å². The fraction of sp³-hybridized carbons (Fsp3) is 0.308. The number of rotatable bonds is 5.